The smallest absolute Gasteiger partial charge is 0.335 e. The zero-order valence-electron chi connectivity index (χ0n) is 17.8. The third kappa shape index (κ3) is 4.70. The van der Waals surface area contributed by atoms with E-state index in [-0.39, 0.29) is 17.0 Å². The van der Waals surface area contributed by atoms with Crippen molar-refractivity contribution in [2.75, 3.05) is 11.9 Å². The van der Waals surface area contributed by atoms with E-state index in [9.17, 15) is 23.6 Å². The lowest BCUT2D eigenvalue weighted by molar-refractivity contribution is -0.127. The van der Waals surface area contributed by atoms with Crippen LogP contribution < -0.4 is 10.6 Å². The molecule has 4 rings (SSSR count). The second-order valence-electron chi connectivity index (χ2n) is 7.47. The minimum atomic E-state index is -1.04. The third-order valence-corrected chi connectivity index (χ3v) is 5.04. The molecule has 9 nitrogen and oxygen atoms in total. The number of urea groups is 1. The predicted molar refractivity (Wildman–Crippen MR) is 119 cm³/mol. The maximum atomic E-state index is 13.0. The molecule has 1 aliphatic rings. The number of rotatable bonds is 6. The SMILES string of the molecule is Cc1cc(C(=O)O)ccc1-c1ccc(/C=C2\NC(=O)N(CC(=O)Nc3ccc(F)cc3)C2=O)o1. The molecular formula is C24H18FN3O6. The average Bonchev–Trinajstić information content (AvgIpc) is 3.35. The number of aromatic carboxylic acids is 1. The number of hydrogen-bond donors (Lipinski definition) is 3. The number of carbonyl (C=O) groups is 4. The van der Waals surface area contributed by atoms with Crippen LogP contribution in [0.2, 0.25) is 0 Å². The third-order valence-electron chi connectivity index (χ3n) is 5.04. The highest BCUT2D eigenvalue weighted by molar-refractivity contribution is 6.15. The Morgan fingerprint density at radius 2 is 1.85 bits per heavy atom. The van der Waals surface area contributed by atoms with Crippen LogP contribution in [0.15, 0.2) is 64.7 Å². The molecule has 2 aromatic carbocycles. The summed E-state index contributed by atoms with van der Waals surface area (Å²) in [7, 11) is 0. The van der Waals surface area contributed by atoms with Crippen LogP contribution in [0.3, 0.4) is 0 Å². The van der Waals surface area contributed by atoms with E-state index in [1.54, 1.807) is 25.1 Å². The average molecular weight is 463 g/mol. The monoisotopic (exact) mass is 463 g/mol. The normalized spacial score (nSPS) is 14.4. The van der Waals surface area contributed by atoms with E-state index < -0.39 is 36.2 Å². The Kier molecular flexibility index (Phi) is 5.96. The second kappa shape index (κ2) is 9.02. The maximum Gasteiger partial charge on any atom is 0.335 e. The van der Waals surface area contributed by atoms with Gasteiger partial charge >= 0.3 is 12.0 Å². The van der Waals surface area contributed by atoms with Crippen LogP contribution in [0.5, 0.6) is 0 Å². The van der Waals surface area contributed by atoms with Crippen LogP contribution in [-0.2, 0) is 9.59 Å². The van der Waals surface area contributed by atoms with Gasteiger partial charge in [0.25, 0.3) is 5.91 Å². The number of anilines is 1. The summed E-state index contributed by atoms with van der Waals surface area (Å²) < 4.78 is 18.7. The van der Waals surface area contributed by atoms with Crippen LogP contribution in [0, 0.1) is 12.7 Å². The van der Waals surface area contributed by atoms with Crippen LogP contribution in [0.25, 0.3) is 17.4 Å². The summed E-state index contributed by atoms with van der Waals surface area (Å²) in [5.41, 5.74) is 1.77. The number of carbonyl (C=O) groups excluding carboxylic acids is 3. The van der Waals surface area contributed by atoms with Gasteiger partial charge in [-0.15, -0.1) is 0 Å². The summed E-state index contributed by atoms with van der Waals surface area (Å²) in [6, 6.07) is 12.1. The van der Waals surface area contributed by atoms with Crippen molar-refractivity contribution < 1.29 is 33.1 Å². The molecule has 0 unspecified atom stereocenters. The van der Waals surface area contributed by atoms with Crippen molar-refractivity contribution in [2.45, 2.75) is 6.92 Å². The van der Waals surface area contributed by atoms with E-state index in [0.29, 0.717) is 22.6 Å². The lowest BCUT2D eigenvalue weighted by atomic mass is 10.0. The number of carboxylic acids is 1. The molecule has 1 fully saturated rings. The van der Waals surface area contributed by atoms with Crippen molar-refractivity contribution in [1.29, 1.82) is 0 Å². The molecule has 1 aliphatic heterocycles. The molecule has 4 amide bonds. The van der Waals surface area contributed by atoms with E-state index in [1.807, 2.05) is 0 Å². The minimum absolute atomic E-state index is 0.0709. The van der Waals surface area contributed by atoms with Gasteiger partial charge < -0.3 is 20.2 Å². The van der Waals surface area contributed by atoms with Crippen LogP contribution in [0.4, 0.5) is 14.9 Å². The standard InChI is InChI=1S/C24H18FN3O6/c1-13-10-14(23(31)32)2-8-18(13)20-9-7-17(34-20)11-19-22(30)28(24(33)27-19)12-21(29)26-16-5-3-15(25)4-6-16/h2-11H,12H2,1H3,(H,26,29)(H,27,33)(H,31,32)/b19-11-. The van der Waals surface area contributed by atoms with Crippen molar-refractivity contribution in [3.63, 3.8) is 0 Å². The van der Waals surface area contributed by atoms with Gasteiger partial charge in [0.1, 0.15) is 29.6 Å². The highest BCUT2D eigenvalue weighted by Crippen LogP contribution is 2.27. The Hall–Kier alpha value is -4.73. The van der Waals surface area contributed by atoms with Crippen LogP contribution >= 0.6 is 0 Å². The highest BCUT2D eigenvalue weighted by Gasteiger charge is 2.35. The van der Waals surface area contributed by atoms with E-state index in [4.69, 9.17) is 9.52 Å². The Morgan fingerprint density at radius 1 is 1.12 bits per heavy atom. The van der Waals surface area contributed by atoms with Crippen molar-refractivity contribution >= 4 is 35.6 Å². The number of amides is 4. The largest absolute Gasteiger partial charge is 0.478 e. The first kappa shape index (κ1) is 22.5. The van der Waals surface area contributed by atoms with Gasteiger partial charge in [0.15, 0.2) is 0 Å². The fourth-order valence-electron chi connectivity index (χ4n) is 3.38. The van der Waals surface area contributed by atoms with Gasteiger partial charge in [-0.05, 0) is 61.0 Å². The first-order chi connectivity index (χ1) is 16.2. The summed E-state index contributed by atoms with van der Waals surface area (Å²) in [6.45, 7) is 1.22. The molecule has 1 saturated heterocycles. The molecule has 172 valence electrons. The molecule has 1 aromatic heterocycles. The predicted octanol–water partition coefficient (Wildman–Crippen LogP) is 3.62. The number of imide groups is 1. The molecule has 3 N–H and O–H groups in total. The Bertz CT molecular complexity index is 1340. The Balaban J connectivity index is 1.46. The zero-order valence-corrected chi connectivity index (χ0v) is 17.8. The lowest BCUT2D eigenvalue weighted by Crippen LogP contribution is -2.38. The molecule has 0 atom stereocenters. The molecule has 0 bridgehead atoms. The lowest BCUT2D eigenvalue weighted by Gasteiger charge is -2.11. The number of nitrogens with one attached hydrogen (secondary N) is 2. The van der Waals surface area contributed by atoms with E-state index in [2.05, 4.69) is 10.6 Å². The molecule has 0 aliphatic carbocycles. The topological polar surface area (TPSA) is 129 Å². The quantitative estimate of drug-likeness (QED) is 0.378. The fourth-order valence-corrected chi connectivity index (χ4v) is 3.38. The van der Waals surface area contributed by atoms with Crippen molar-refractivity contribution in [1.82, 2.24) is 10.2 Å². The summed E-state index contributed by atoms with van der Waals surface area (Å²) in [5, 5.41) is 14.0. The van der Waals surface area contributed by atoms with Gasteiger partial charge in [-0.25, -0.2) is 18.9 Å². The summed E-state index contributed by atoms with van der Waals surface area (Å²) >= 11 is 0. The first-order valence-corrected chi connectivity index (χ1v) is 10.1. The molecule has 0 radical (unpaired) electrons. The van der Waals surface area contributed by atoms with Gasteiger partial charge in [-0.2, -0.15) is 0 Å². The fraction of sp³-hybridized carbons (Fsp3) is 0.0833. The number of benzene rings is 2. The van der Waals surface area contributed by atoms with E-state index in [1.165, 1.54) is 42.5 Å². The number of aryl methyl sites for hydroxylation is 1. The molecule has 0 saturated carbocycles. The molecule has 2 heterocycles. The van der Waals surface area contributed by atoms with Crippen molar-refractivity contribution in [3.8, 4) is 11.3 Å². The highest BCUT2D eigenvalue weighted by atomic mass is 19.1. The van der Waals surface area contributed by atoms with Gasteiger partial charge in [0.2, 0.25) is 5.91 Å². The van der Waals surface area contributed by atoms with Crippen molar-refractivity contribution in [3.05, 3.63) is 83.0 Å². The number of halogens is 1. The van der Waals surface area contributed by atoms with Gasteiger partial charge in [-0.1, -0.05) is 6.07 Å². The Morgan fingerprint density at radius 3 is 2.53 bits per heavy atom. The number of carboxylic acid groups (broad SMARTS) is 1. The molecular weight excluding hydrogens is 445 g/mol. The molecule has 0 spiro atoms. The van der Waals surface area contributed by atoms with Gasteiger partial charge in [0, 0.05) is 17.3 Å². The zero-order chi connectivity index (χ0) is 24.4. The molecule has 10 heteroatoms. The van der Waals surface area contributed by atoms with E-state index >= 15 is 0 Å². The van der Waals surface area contributed by atoms with Crippen LogP contribution in [0.1, 0.15) is 21.7 Å². The number of furan rings is 1. The number of hydrogen-bond acceptors (Lipinski definition) is 5. The Labute approximate surface area is 192 Å². The van der Waals surface area contributed by atoms with Crippen LogP contribution in [-0.4, -0.2) is 40.4 Å². The maximum absolute atomic E-state index is 13.0. The summed E-state index contributed by atoms with van der Waals surface area (Å²) in [4.78, 5) is 48.9. The number of nitrogens with zero attached hydrogens (tertiary/aromatic N) is 1. The molecule has 3 aromatic rings. The van der Waals surface area contributed by atoms with E-state index in [0.717, 1.165) is 4.90 Å². The van der Waals surface area contributed by atoms with Gasteiger partial charge in [-0.3, -0.25) is 9.59 Å². The van der Waals surface area contributed by atoms with Gasteiger partial charge in [0.05, 0.1) is 5.56 Å². The second-order valence-corrected chi connectivity index (χ2v) is 7.47. The minimum Gasteiger partial charge on any atom is -0.478 e. The summed E-state index contributed by atoms with van der Waals surface area (Å²) in [5.74, 6) is -2.11. The molecule has 34 heavy (non-hydrogen) atoms. The van der Waals surface area contributed by atoms with Crippen molar-refractivity contribution in [2.24, 2.45) is 0 Å². The summed E-state index contributed by atoms with van der Waals surface area (Å²) in [6.07, 6.45) is 1.34. The first-order valence-electron chi connectivity index (χ1n) is 10.1.